The van der Waals surface area contributed by atoms with E-state index < -0.39 is 5.41 Å². The van der Waals surface area contributed by atoms with Crippen LogP contribution in [-0.2, 0) is 9.53 Å². The Kier molecular flexibility index (Phi) is 6.45. The van der Waals surface area contributed by atoms with Crippen LogP contribution < -0.4 is 5.73 Å². The molecule has 1 saturated heterocycles. The van der Waals surface area contributed by atoms with Crippen molar-refractivity contribution in [2.45, 2.75) is 65.6 Å². The number of hydrogen-bond donors (Lipinski definition) is 2. The average molecular weight is 299 g/mol. The molecule has 2 unspecified atom stereocenters. The number of hydrogen-bond acceptors (Lipinski definition) is 4. The molecule has 1 heterocycles. The molecule has 0 radical (unpaired) electrons. The van der Waals surface area contributed by atoms with E-state index in [1.54, 1.807) is 0 Å². The zero-order valence-corrected chi connectivity index (χ0v) is 13.6. The van der Waals surface area contributed by atoms with E-state index >= 15 is 0 Å². The summed E-state index contributed by atoms with van der Waals surface area (Å²) in [6.07, 6.45) is 2.80. The lowest BCUT2D eigenvalue weighted by atomic mass is 9.76. The molecule has 6 heteroatoms. The van der Waals surface area contributed by atoms with Crippen LogP contribution in [0.4, 0.5) is 0 Å². The maximum atomic E-state index is 13.1. The fraction of sp³-hybridized carbons (Fsp3) is 0.867. The molecule has 0 aliphatic carbocycles. The molecule has 0 bridgehead atoms. The molecule has 6 nitrogen and oxygen atoms in total. The molecule has 122 valence electrons. The number of carbonyl (C=O) groups excluding carboxylic acids is 1. The van der Waals surface area contributed by atoms with Crippen LogP contribution in [0.2, 0.25) is 0 Å². The minimum absolute atomic E-state index is 0.00550. The fourth-order valence-corrected chi connectivity index (χ4v) is 3.30. The Morgan fingerprint density at radius 3 is 2.14 bits per heavy atom. The Morgan fingerprint density at radius 2 is 1.76 bits per heavy atom. The molecule has 0 saturated carbocycles. The molecule has 3 N–H and O–H groups in total. The van der Waals surface area contributed by atoms with Gasteiger partial charge in [0, 0.05) is 13.1 Å². The third-order valence-corrected chi connectivity index (χ3v) is 4.07. The number of amides is 1. The molecule has 0 aromatic rings. The first-order valence-electron chi connectivity index (χ1n) is 7.84. The van der Waals surface area contributed by atoms with Gasteiger partial charge >= 0.3 is 0 Å². The van der Waals surface area contributed by atoms with Gasteiger partial charge in [0.2, 0.25) is 5.91 Å². The Hall–Kier alpha value is -1.30. The van der Waals surface area contributed by atoms with Gasteiger partial charge in [0.25, 0.3) is 0 Å². The maximum absolute atomic E-state index is 13.1. The van der Waals surface area contributed by atoms with Gasteiger partial charge in [-0.25, -0.2) is 0 Å². The minimum Gasteiger partial charge on any atom is -0.409 e. The largest absolute Gasteiger partial charge is 0.409 e. The normalized spacial score (nSPS) is 24.2. The number of carbonyl (C=O) groups is 1. The molecule has 0 spiro atoms. The van der Waals surface area contributed by atoms with Crippen molar-refractivity contribution in [3.8, 4) is 0 Å². The van der Waals surface area contributed by atoms with Gasteiger partial charge in [-0.15, -0.1) is 0 Å². The first-order chi connectivity index (χ1) is 9.91. The van der Waals surface area contributed by atoms with Gasteiger partial charge in [0.05, 0.1) is 12.2 Å². The number of amidine groups is 1. The first-order valence-corrected chi connectivity index (χ1v) is 7.84. The predicted molar refractivity (Wildman–Crippen MR) is 82.2 cm³/mol. The summed E-state index contributed by atoms with van der Waals surface area (Å²) in [5, 5.41) is 12.3. The van der Waals surface area contributed by atoms with Crippen LogP contribution >= 0.6 is 0 Å². The molecule has 1 aliphatic heterocycles. The summed E-state index contributed by atoms with van der Waals surface area (Å²) in [6, 6.07) is 0. The SMILES string of the molecule is CCCC(CCC)(C(=O)N1CC(C)OC(C)C1)C(N)=NO. The van der Waals surface area contributed by atoms with E-state index in [2.05, 4.69) is 5.16 Å². The van der Waals surface area contributed by atoms with Crippen molar-refractivity contribution in [3.63, 3.8) is 0 Å². The van der Waals surface area contributed by atoms with Crippen molar-refractivity contribution >= 4 is 11.7 Å². The summed E-state index contributed by atoms with van der Waals surface area (Å²) in [6.45, 7) is 9.04. The van der Waals surface area contributed by atoms with Gasteiger partial charge < -0.3 is 20.6 Å². The lowest BCUT2D eigenvalue weighted by molar-refractivity contribution is -0.151. The van der Waals surface area contributed by atoms with E-state index in [9.17, 15) is 4.79 Å². The summed E-state index contributed by atoms with van der Waals surface area (Å²) in [7, 11) is 0. The second kappa shape index (κ2) is 7.64. The average Bonchev–Trinajstić information content (AvgIpc) is 2.44. The standard InChI is InChI=1S/C15H29N3O3/c1-5-7-15(8-6-2,13(16)17-20)14(19)18-9-11(3)21-12(4)10-18/h11-12,20H,5-10H2,1-4H3,(H2,16,17). The monoisotopic (exact) mass is 299 g/mol. The van der Waals surface area contributed by atoms with Crippen LogP contribution in [0, 0.1) is 5.41 Å². The van der Waals surface area contributed by atoms with Gasteiger partial charge in [-0.2, -0.15) is 0 Å². The topological polar surface area (TPSA) is 88.2 Å². The number of morpholine rings is 1. The molecule has 0 aromatic carbocycles. The number of nitrogens with two attached hydrogens (primary N) is 1. The van der Waals surface area contributed by atoms with Gasteiger partial charge in [0.15, 0.2) is 5.84 Å². The van der Waals surface area contributed by atoms with E-state index in [1.165, 1.54) is 0 Å². The molecule has 21 heavy (non-hydrogen) atoms. The quantitative estimate of drug-likeness (QED) is 0.339. The van der Waals surface area contributed by atoms with Crippen LogP contribution in [-0.4, -0.2) is 47.1 Å². The zero-order chi connectivity index (χ0) is 16.0. The van der Waals surface area contributed by atoms with Crippen LogP contribution in [0.5, 0.6) is 0 Å². The Bertz CT molecular complexity index is 368. The van der Waals surface area contributed by atoms with Crippen molar-refractivity contribution in [2.24, 2.45) is 16.3 Å². The van der Waals surface area contributed by atoms with Crippen molar-refractivity contribution in [2.75, 3.05) is 13.1 Å². The number of nitrogens with zero attached hydrogens (tertiary/aromatic N) is 2. The van der Waals surface area contributed by atoms with E-state index in [0.29, 0.717) is 25.9 Å². The third kappa shape index (κ3) is 3.87. The van der Waals surface area contributed by atoms with Crippen LogP contribution in [0.3, 0.4) is 0 Å². The number of rotatable bonds is 6. The Morgan fingerprint density at radius 1 is 1.29 bits per heavy atom. The van der Waals surface area contributed by atoms with Gasteiger partial charge in [-0.3, -0.25) is 4.79 Å². The van der Waals surface area contributed by atoms with Crippen LogP contribution in [0.15, 0.2) is 5.16 Å². The number of ether oxygens (including phenoxy) is 1. The van der Waals surface area contributed by atoms with E-state index in [0.717, 1.165) is 12.8 Å². The van der Waals surface area contributed by atoms with Crippen LogP contribution in [0.25, 0.3) is 0 Å². The molecule has 0 aromatic heterocycles. The summed E-state index contributed by atoms with van der Waals surface area (Å²) >= 11 is 0. The van der Waals surface area contributed by atoms with Crippen molar-refractivity contribution in [1.82, 2.24) is 4.90 Å². The van der Waals surface area contributed by atoms with Crippen molar-refractivity contribution in [3.05, 3.63) is 0 Å². The smallest absolute Gasteiger partial charge is 0.236 e. The molecule has 1 fully saturated rings. The summed E-state index contributed by atoms with van der Waals surface area (Å²) in [4.78, 5) is 14.9. The Labute approximate surface area is 127 Å². The van der Waals surface area contributed by atoms with Gasteiger partial charge in [0.1, 0.15) is 5.41 Å². The van der Waals surface area contributed by atoms with Crippen LogP contribution in [0.1, 0.15) is 53.4 Å². The second-order valence-corrected chi connectivity index (χ2v) is 6.03. The predicted octanol–water partition coefficient (Wildman–Crippen LogP) is 1.96. The molecular formula is C15H29N3O3. The van der Waals surface area contributed by atoms with Crippen molar-refractivity contribution < 1.29 is 14.7 Å². The molecule has 1 amide bonds. The summed E-state index contributed by atoms with van der Waals surface area (Å²) < 4.78 is 5.68. The van der Waals surface area contributed by atoms with Crippen molar-refractivity contribution in [1.29, 1.82) is 0 Å². The first kappa shape index (κ1) is 17.8. The van der Waals surface area contributed by atoms with E-state index in [-0.39, 0.29) is 24.0 Å². The highest BCUT2D eigenvalue weighted by atomic mass is 16.5. The summed E-state index contributed by atoms with van der Waals surface area (Å²) in [5.74, 6) is -0.00787. The van der Waals surface area contributed by atoms with E-state index in [4.69, 9.17) is 15.7 Å². The highest BCUT2D eigenvalue weighted by Gasteiger charge is 2.45. The highest BCUT2D eigenvalue weighted by Crippen LogP contribution is 2.34. The van der Waals surface area contributed by atoms with Gasteiger partial charge in [-0.05, 0) is 26.7 Å². The number of oxime groups is 1. The summed E-state index contributed by atoms with van der Waals surface area (Å²) in [5.41, 5.74) is 5.03. The van der Waals surface area contributed by atoms with E-state index in [1.807, 2.05) is 32.6 Å². The minimum atomic E-state index is -0.894. The van der Waals surface area contributed by atoms with Gasteiger partial charge in [-0.1, -0.05) is 31.8 Å². The highest BCUT2D eigenvalue weighted by molar-refractivity contribution is 6.06. The zero-order valence-electron chi connectivity index (χ0n) is 13.6. The maximum Gasteiger partial charge on any atom is 0.236 e. The third-order valence-electron chi connectivity index (χ3n) is 4.07. The molecule has 1 rings (SSSR count). The fourth-order valence-electron chi connectivity index (χ4n) is 3.30. The molecule has 2 atom stereocenters. The molecule has 1 aliphatic rings. The molecular weight excluding hydrogens is 270 g/mol. The lowest BCUT2D eigenvalue weighted by Gasteiger charge is -2.41. The Balaban J connectivity index is 3.08. The lowest BCUT2D eigenvalue weighted by Crippen LogP contribution is -2.56. The second-order valence-electron chi connectivity index (χ2n) is 6.03.